The van der Waals surface area contributed by atoms with Crippen molar-refractivity contribution in [2.45, 2.75) is 64.7 Å². The monoisotopic (exact) mass is 468 g/mol. The summed E-state index contributed by atoms with van der Waals surface area (Å²) >= 11 is 0. The minimum absolute atomic E-state index is 0.256. The van der Waals surface area contributed by atoms with Gasteiger partial charge in [0.2, 0.25) is 0 Å². The van der Waals surface area contributed by atoms with Crippen LogP contribution in [0.3, 0.4) is 0 Å². The lowest BCUT2D eigenvalue weighted by atomic mass is 9.99. The number of anilines is 1. The van der Waals surface area contributed by atoms with Crippen LogP contribution < -0.4 is 5.43 Å². The highest BCUT2D eigenvalue weighted by Crippen LogP contribution is 2.39. The summed E-state index contributed by atoms with van der Waals surface area (Å²) in [5.41, 5.74) is 9.43. The van der Waals surface area contributed by atoms with Crippen molar-refractivity contribution in [2.75, 3.05) is 12.0 Å². The second-order valence-electron chi connectivity index (χ2n) is 9.18. The third-order valence-electron chi connectivity index (χ3n) is 6.54. The Hall–Kier alpha value is -3.40. The number of unbranched alkanes of at least 4 members (excludes halogenated alkanes) is 8. The van der Waals surface area contributed by atoms with Gasteiger partial charge in [-0.05, 0) is 30.2 Å². The van der Waals surface area contributed by atoms with Crippen molar-refractivity contribution >= 4 is 17.4 Å². The predicted octanol–water partition coefficient (Wildman–Crippen LogP) is 8.22. The summed E-state index contributed by atoms with van der Waals surface area (Å²) in [6, 6.07) is 23.8. The van der Waals surface area contributed by atoms with Crippen LogP contribution >= 0.6 is 0 Å². The maximum absolute atomic E-state index is 13.1. The molecule has 0 fully saturated rings. The standard InChI is InChI=1S/C31H36N2O2/c1-2-3-4-5-6-7-8-9-15-23-35-31(34)28-22-16-21-27-29(28)25-19-13-14-20-26(25)30(27)33-32-24-17-11-10-12-18-24/h10-14,16-22,32H,2-9,15,23H2,1H3/b33-30+. The maximum atomic E-state index is 13.1. The number of carbonyl (C=O) groups is 1. The van der Waals surface area contributed by atoms with Crippen molar-refractivity contribution in [1.29, 1.82) is 0 Å². The van der Waals surface area contributed by atoms with Gasteiger partial charge in [-0.15, -0.1) is 0 Å². The average Bonchev–Trinajstić information content (AvgIpc) is 3.22. The van der Waals surface area contributed by atoms with Gasteiger partial charge in [-0.2, -0.15) is 5.10 Å². The van der Waals surface area contributed by atoms with E-state index in [1.54, 1.807) is 0 Å². The average molecular weight is 469 g/mol. The first-order valence-electron chi connectivity index (χ1n) is 13.1. The van der Waals surface area contributed by atoms with Gasteiger partial charge in [0.25, 0.3) is 0 Å². The molecule has 0 heterocycles. The van der Waals surface area contributed by atoms with Crippen LogP contribution in [0.4, 0.5) is 5.69 Å². The number of fused-ring (bicyclic) bond motifs is 3. The second-order valence-corrected chi connectivity index (χ2v) is 9.18. The van der Waals surface area contributed by atoms with Crippen molar-refractivity contribution in [1.82, 2.24) is 0 Å². The zero-order valence-corrected chi connectivity index (χ0v) is 20.8. The molecule has 0 unspecified atom stereocenters. The SMILES string of the molecule is CCCCCCCCCCCOC(=O)c1cccc2c1-c1ccccc1/C2=N\Nc1ccccc1. The number of benzene rings is 3. The topological polar surface area (TPSA) is 50.7 Å². The molecule has 0 bridgehead atoms. The number of para-hydroxylation sites is 1. The first-order chi connectivity index (χ1) is 17.3. The summed E-state index contributed by atoms with van der Waals surface area (Å²) in [5, 5.41) is 4.72. The Kier molecular flexibility index (Phi) is 9.11. The summed E-state index contributed by atoms with van der Waals surface area (Å²) in [4.78, 5) is 13.1. The number of ether oxygens (including phenoxy) is 1. The van der Waals surface area contributed by atoms with Crippen LogP contribution in [0.5, 0.6) is 0 Å². The number of esters is 1. The molecule has 1 aliphatic carbocycles. The van der Waals surface area contributed by atoms with Gasteiger partial charge in [-0.1, -0.05) is 113 Å². The molecule has 0 spiro atoms. The maximum Gasteiger partial charge on any atom is 0.338 e. The Bertz CT molecular complexity index is 1140. The smallest absolute Gasteiger partial charge is 0.338 e. The summed E-state index contributed by atoms with van der Waals surface area (Å²) in [5.74, 6) is -0.256. The number of rotatable bonds is 13. The Morgan fingerprint density at radius 1 is 0.714 bits per heavy atom. The molecule has 0 radical (unpaired) electrons. The first-order valence-corrected chi connectivity index (χ1v) is 13.1. The van der Waals surface area contributed by atoms with E-state index in [2.05, 4.69) is 24.5 Å². The Morgan fingerprint density at radius 2 is 1.34 bits per heavy atom. The molecule has 1 aliphatic rings. The van der Waals surface area contributed by atoms with Gasteiger partial charge >= 0.3 is 5.97 Å². The van der Waals surface area contributed by atoms with Crippen molar-refractivity contribution in [3.05, 3.63) is 89.5 Å². The van der Waals surface area contributed by atoms with Gasteiger partial charge in [-0.25, -0.2) is 4.79 Å². The molecular formula is C31H36N2O2. The summed E-state index contributed by atoms with van der Waals surface area (Å²) in [7, 11) is 0. The fourth-order valence-electron chi connectivity index (χ4n) is 4.67. The lowest BCUT2D eigenvalue weighted by Crippen LogP contribution is -2.09. The Morgan fingerprint density at radius 3 is 2.09 bits per heavy atom. The molecule has 3 aromatic carbocycles. The molecule has 4 heteroatoms. The highest BCUT2D eigenvalue weighted by atomic mass is 16.5. The lowest BCUT2D eigenvalue weighted by Gasteiger charge is -2.10. The summed E-state index contributed by atoms with van der Waals surface area (Å²) in [6.45, 7) is 2.72. The zero-order chi connectivity index (χ0) is 24.3. The van der Waals surface area contributed by atoms with E-state index in [1.807, 2.05) is 60.7 Å². The van der Waals surface area contributed by atoms with Gasteiger partial charge in [0, 0.05) is 16.7 Å². The van der Waals surface area contributed by atoms with Crippen molar-refractivity contribution in [2.24, 2.45) is 5.10 Å². The normalized spacial score (nSPS) is 12.9. The highest BCUT2D eigenvalue weighted by Gasteiger charge is 2.29. The van der Waals surface area contributed by atoms with Gasteiger partial charge in [-0.3, -0.25) is 5.43 Å². The predicted molar refractivity (Wildman–Crippen MR) is 145 cm³/mol. The minimum atomic E-state index is -0.256. The molecule has 0 saturated carbocycles. The van der Waals surface area contributed by atoms with E-state index < -0.39 is 0 Å². The number of nitrogens with zero attached hydrogens (tertiary/aromatic N) is 1. The molecule has 4 nitrogen and oxygen atoms in total. The van der Waals surface area contributed by atoms with Gasteiger partial charge < -0.3 is 4.74 Å². The Balaban J connectivity index is 1.39. The molecule has 35 heavy (non-hydrogen) atoms. The first kappa shape index (κ1) is 24.7. The third-order valence-corrected chi connectivity index (χ3v) is 6.54. The van der Waals surface area contributed by atoms with Crippen molar-refractivity contribution in [3.8, 4) is 11.1 Å². The quantitative estimate of drug-likeness (QED) is 0.122. The van der Waals surface area contributed by atoms with E-state index in [9.17, 15) is 4.79 Å². The second kappa shape index (κ2) is 12.9. The number of nitrogens with one attached hydrogen (secondary N) is 1. The molecule has 182 valence electrons. The highest BCUT2D eigenvalue weighted by molar-refractivity contribution is 6.26. The molecule has 0 atom stereocenters. The third kappa shape index (κ3) is 6.39. The molecule has 4 rings (SSSR count). The largest absolute Gasteiger partial charge is 0.462 e. The van der Waals surface area contributed by atoms with Crippen LogP contribution in [-0.4, -0.2) is 18.3 Å². The fraction of sp³-hybridized carbons (Fsp3) is 0.355. The van der Waals surface area contributed by atoms with Crippen LogP contribution in [0.25, 0.3) is 11.1 Å². The summed E-state index contributed by atoms with van der Waals surface area (Å²) in [6.07, 6.45) is 11.2. The van der Waals surface area contributed by atoms with Crippen LogP contribution in [-0.2, 0) is 4.74 Å². The molecule has 0 saturated heterocycles. The van der Waals surface area contributed by atoms with Crippen LogP contribution in [0, 0.1) is 0 Å². The van der Waals surface area contributed by atoms with Crippen LogP contribution in [0.15, 0.2) is 77.9 Å². The molecule has 3 aromatic rings. The molecule has 0 aliphatic heterocycles. The van der Waals surface area contributed by atoms with Crippen LogP contribution in [0.2, 0.25) is 0 Å². The number of hydrogen-bond acceptors (Lipinski definition) is 4. The van der Waals surface area contributed by atoms with E-state index in [0.717, 1.165) is 46.5 Å². The van der Waals surface area contributed by atoms with E-state index in [1.165, 1.54) is 44.9 Å². The van der Waals surface area contributed by atoms with Gasteiger partial charge in [0.05, 0.1) is 23.6 Å². The molecular weight excluding hydrogens is 432 g/mol. The molecule has 1 N–H and O–H groups in total. The fourth-order valence-corrected chi connectivity index (χ4v) is 4.67. The number of hydrazone groups is 1. The molecule has 0 aromatic heterocycles. The molecule has 0 amide bonds. The van der Waals surface area contributed by atoms with E-state index >= 15 is 0 Å². The van der Waals surface area contributed by atoms with Gasteiger partial charge in [0.1, 0.15) is 0 Å². The van der Waals surface area contributed by atoms with E-state index in [4.69, 9.17) is 9.84 Å². The van der Waals surface area contributed by atoms with E-state index in [-0.39, 0.29) is 5.97 Å². The Labute approximate surface area is 209 Å². The van der Waals surface area contributed by atoms with E-state index in [0.29, 0.717) is 12.2 Å². The summed E-state index contributed by atoms with van der Waals surface area (Å²) < 4.78 is 5.70. The van der Waals surface area contributed by atoms with Crippen molar-refractivity contribution in [3.63, 3.8) is 0 Å². The van der Waals surface area contributed by atoms with Gasteiger partial charge in [0.15, 0.2) is 0 Å². The lowest BCUT2D eigenvalue weighted by molar-refractivity contribution is 0.0498. The number of carbonyl (C=O) groups excluding carboxylic acids is 1. The minimum Gasteiger partial charge on any atom is -0.462 e. The van der Waals surface area contributed by atoms with Crippen LogP contribution in [0.1, 0.15) is 86.2 Å². The van der Waals surface area contributed by atoms with Crippen molar-refractivity contribution < 1.29 is 9.53 Å². The number of hydrogen-bond donors (Lipinski definition) is 1. The zero-order valence-electron chi connectivity index (χ0n) is 20.8.